The first-order valence-electron chi connectivity index (χ1n) is 8.39. The molecule has 26 heavy (non-hydrogen) atoms. The summed E-state index contributed by atoms with van der Waals surface area (Å²) in [6.45, 7) is 3.92. The number of nitrogens with zero attached hydrogens (tertiary/aromatic N) is 1. The largest absolute Gasteiger partial charge is 0.347 e. The highest BCUT2D eigenvalue weighted by Crippen LogP contribution is 2.23. The SMILES string of the molecule is CC(C)C(NC(=O)CN=C1NS(=O)(=O)c2ccccc21)c1ccccc1. The molecule has 0 bridgehead atoms. The molecule has 0 radical (unpaired) electrons. The third kappa shape index (κ3) is 3.77. The van der Waals surface area contributed by atoms with Crippen molar-refractivity contribution in [3.8, 4) is 0 Å². The maximum absolute atomic E-state index is 12.4. The Morgan fingerprint density at radius 1 is 1.08 bits per heavy atom. The molecule has 3 rings (SSSR count). The van der Waals surface area contributed by atoms with E-state index in [9.17, 15) is 13.2 Å². The van der Waals surface area contributed by atoms with Crippen molar-refractivity contribution in [1.29, 1.82) is 0 Å². The lowest BCUT2D eigenvalue weighted by Gasteiger charge is -2.22. The van der Waals surface area contributed by atoms with Crippen LogP contribution in [0.25, 0.3) is 0 Å². The first-order valence-corrected chi connectivity index (χ1v) is 9.88. The van der Waals surface area contributed by atoms with E-state index in [1.165, 1.54) is 6.07 Å². The second-order valence-corrected chi connectivity index (χ2v) is 8.12. The Morgan fingerprint density at radius 2 is 1.73 bits per heavy atom. The number of amides is 1. The van der Waals surface area contributed by atoms with Crippen LogP contribution in [0.15, 0.2) is 64.5 Å². The van der Waals surface area contributed by atoms with Gasteiger partial charge in [0, 0.05) is 5.56 Å². The quantitative estimate of drug-likeness (QED) is 0.845. The Balaban J connectivity index is 1.74. The zero-order chi connectivity index (χ0) is 18.7. The lowest BCUT2D eigenvalue weighted by molar-refractivity contribution is -0.120. The van der Waals surface area contributed by atoms with E-state index < -0.39 is 10.0 Å². The zero-order valence-corrected chi connectivity index (χ0v) is 15.5. The minimum Gasteiger partial charge on any atom is -0.347 e. The molecular weight excluding hydrogens is 350 g/mol. The molecule has 1 aliphatic heterocycles. The third-order valence-electron chi connectivity index (χ3n) is 4.19. The second-order valence-electron chi connectivity index (χ2n) is 6.47. The van der Waals surface area contributed by atoms with Gasteiger partial charge in [-0.25, -0.2) is 8.42 Å². The van der Waals surface area contributed by atoms with Crippen molar-refractivity contribution in [2.45, 2.75) is 24.8 Å². The molecule has 2 aromatic rings. The van der Waals surface area contributed by atoms with Gasteiger partial charge in [-0.1, -0.05) is 56.3 Å². The number of hydrogen-bond acceptors (Lipinski definition) is 4. The average Bonchev–Trinajstić information content (AvgIpc) is 2.89. The molecule has 136 valence electrons. The number of carbonyl (C=O) groups is 1. The lowest BCUT2D eigenvalue weighted by Crippen LogP contribution is -2.34. The van der Waals surface area contributed by atoms with Crippen LogP contribution in [0.1, 0.15) is 31.0 Å². The highest BCUT2D eigenvalue weighted by Gasteiger charge is 2.30. The predicted octanol–water partition coefficient (Wildman–Crippen LogP) is 2.24. The monoisotopic (exact) mass is 371 g/mol. The van der Waals surface area contributed by atoms with E-state index >= 15 is 0 Å². The smallest absolute Gasteiger partial charge is 0.263 e. The molecular formula is C19H21N3O3S. The maximum Gasteiger partial charge on any atom is 0.263 e. The molecule has 0 saturated carbocycles. The van der Waals surface area contributed by atoms with Gasteiger partial charge in [-0.2, -0.15) is 0 Å². The summed E-state index contributed by atoms with van der Waals surface area (Å²) in [6, 6.07) is 16.2. The van der Waals surface area contributed by atoms with Crippen LogP contribution < -0.4 is 10.0 Å². The van der Waals surface area contributed by atoms with E-state index in [4.69, 9.17) is 0 Å². The van der Waals surface area contributed by atoms with Crippen LogP contribution in [-0.2, 0) is 14.8 Å². The van der Waals surface area contributed by atoms with Gasteiger partial charge in [-0.15, -0.1) is 0 Å². The summed E-state index contributed by atoms with van der Waals surface area (Å²) < 4.78 is 26.5. The minimum absolute atomic E-state index is 0.128. The van der Waals surface area contributed by atoms with Gasteiger partial charge in [0.1, 0.15) is 12.4 Å². The Hall–Kier alpha value is -2.67. The second kappa shape index (κ2) is 7.29. The van der Waals surface area contributed by atoms with Crippen LogP contribution >= 0.6 is 0 Å². The highest BCUT2D eigenvalue weighted by atomic mass is 32.2. The summed E-state index contributed by atoms with van der Waals surface area (Å²) >= 11 is 0. The average molecular weight is 371 g/mol. The molecule has 0 spiro atoms. The van der Waals surface area contributed by atoms with Crippen LogP contribution in [-0.4, -0.2) is 26.7 Å². The maximum atomic E-state index is 12.4. The fourth-order valence-electron chi connectivity index (χ4n) is 2.92. The summed E-state index contributed by atoms with van der Waals surface area (Å²) in [5.74, 6) is 0.153. The number of rotatable bonds is 5. The summed E-state index contributed by atoms with van der Waals surface area (Å²) in [5, 5.41) is 2.98. The summed E-state index contributed by atoms with van der Waals surface area (Å²) in [7, 11) is -3.59. The normalized spacial score (nSPS) is 17.6. The van der Waals surface area contributed by atoms with E-state index in [1.807, 2.05) is 44.2 Å². The lowest BCUT2D eigenvalue weighted by atomic mass is 9.96. The molecule has 2 aromatic carbocycles. The Kier molecular flexibility index (Phi) is 5.08. The standard InChI is InChI=1S/C19H21N3O3S/c1-13(2)18(14-8-4-3-5-9-14)21-17(23)12-20-19-15-10-6-7-11-16(15)26(24,25)22-19/h3-11,13,18H,12H2,1-2H3,(H,20,22)(H,21,23). The molecule has 1 heterocycles. The van der Waals surface area contributed by atoms with Gasteiger partial charge in [-0.3, -0.25) is 14.5 Å². The van der Waals surface area contributed by atoms with Crippen molar-refractivity contribution in [2.24, 2.45) is 10.9 Å². The topological polar surface area (TPSA) is 87.6 Å². The van der Waals surface area contributed by atoms with E-state index in [0.29, 0.717) is 5.56 Å². The Morgan fingerprint density at radius 3 is 2.42 bits per heavy atom. The molecule has 6 nitrogen and oxygen atoms in total. The molecule has 1 atom stereocenters. The molecule has 7 heteroatoms. The molecule has 0 aliphatic carbocycles. The number of aliphatic imine (C=N–C) groups is 1. The van der Waals surface area contributed by atoms with E-state index in [2.05, 4.69) is 15.0 Å². The van der Waals surface area contributed by atoms with Crippen molar-refractivity contribution in [1.82, 2.24) is 10.0 Å². The van der Waals surface area contributed by atoms with Gasteiger partial charge < -0.3 is 5.32 Å². The molecule has 1 amide bonds. The first kappa shape index (κ1) is 18.1. The number of benzene rings is 2. The number of nitrogens with one attached hydrogen (secondary N) is 2. The van der Waals surface area contributed by atoms with E-state index in [-0.39, 0.29) is 35.1 Å². The first-order chi connectivity index (χ1) is 12.4. The fourth-order valence-corrected chi connectivity index (χ4v) is 4.17. The summed E-state index contributed by atoms with van der Waals surface area (Å²) in [4.78, 5) is 16.7. The fraction of sp³-hybridized carbons (Fsp3) is 0.263. The van der Waals surface area contributed by atoms with E-state index in [1.54, 1.807) is 18.2 Å². The molecule has 0 saturated heterocycles. The Bertz CT molecular complexity index is 938. The number of hydrogen-bond donors (Lipinski definition) is 2. The van der Waals surface area contributed by atoms with Gasteiger partial charge in [0.25, 0.3) is 10.0 Å². The van der Waals surface area contributed by atoms with Crippen molar-refractivity contribution < 1.29 is 13.2 Å². The van der Waals surface area contributed by atoms with Crippen LogP contribution in [0.4, 0.5) is 0 Å². The number of amidine groups is 1. The zero-order valence-electron chi connectivity index (χ0n) is 14.6. The minimum atomic E-state index is -3.59. The van der Waals surface area contributed by atoms with Crippen molar-refractivity contribution in [2.75, 3.05) is 6.54 Å². The van der Waals surface area contributed by atoms with Crippen molar-refractivity contribution >= 4 is 21.8 Å². The van der Waals surface area contributed by atoms with Crippen LogP contribution in [0.5, 0.6) is 0 Å². The van der Waals surface area contributed by atoms with Gasteiger partial charge in [0.15, 0.2) is 0 Å². The van der Waals surface area contributed by atoms with Crippen molar-refractivity contribution in [3.05, 3.63) is 65.7 Å². The molecule has 1 unspecified atom stereocenters. The molecule has 1 aliphatic rings. The molecule has 0 aromatic heterocycles. The number of carbonyl (C=O) groups excluding carboxylic acids is 1. The van der Waals surface area contributed by atoms with Gasteiger partial charge in [0.05, 0.1) is 10.9 Å². The van der Waals surface area contributed by atoms with Crippen LogP contribution in [0.3, 0.4) is 0 Å². The number of fused-ring (bicyclic) bond motifs is 1. The number of sulfonamides is 1. The van der Waals surface area contributed by atoms with E-state index in [0.717, 1.165) is 5.56 Å². The summed E-state index contributed by atoms with van der Waals surface area (Å²) in [6.07, 6.45) is 0. The van der Waals surface area contributed by atoms with Gasteiger partial charge >= 0.3 is 0 Å². The van der Waals surface area contributed by atoms with Gasteiger partial charge in [-0.05, 0) is 23.6 Å². The summed E-state index contributed by atoms with van der Waals surface area (Å²) in [5.41, 5.74) is 1.51. The van der Waals surface area contributed by atoms with Crippen molar-refractivity contribution in [3.63, 3.8) is 0 Å². The predicted molar refractivity (Wildman–Crippen MR) is 100 cm³/mol. The molecule has 0 fully saturated rings. The molecule has 2 N–H and O–H groups in total. The van der Waals surface area contributed by atoms with Crippen LogP contribution in [0.2, 0.25) is 0 Å². The highest BCUT2D eigenvalue weighted by molar-refractivity contribution is 7.90. The third-order valence-corrected chi connectivity index (χ3v) is 5.58. The Labute approximate surface area is 153 Å². The van der Waals surface area contributed by atoms with Crippen LogP contribution in [0, 0.1) is 5.92 Å². The van der Waals surface area contributed by atoms with Gasteiger partial charge in [0.2, 0.25) is 5.91 Å².